The molecule has 0 atom stereocenters. The number of carbonyl (C=O) groups excluding carboxylic acids is 2. The number of Topliss-reactive ketones (excluding diaryl/α,β-unsaturated/α-hetero) is 2. The van der Waals surface area contributed by atoms with E-state index in [-0.39, 0.29) is 11.6 Å². The van der Waals surface area contributed by atoms with Crippen molar-refractivity contribution in [3.63, 3.8) is 0 Å². The zero-order valence-corrected chi connectivity index (χ0v) is 24.4. The summed E-state index contributed by atoms with van der Waals surface area (Å²) >= 11 is 6.89. The molecule has 0 N–H and O–H groups in total. The Morgan fingerprint density at radius 3 is 2.27 bits per heavy atom. The van der Waals surface area contributed by atoms with E-state index >= 15 is 0 Å². The molecule has 0 saturated carbocycles. The lowest BCUT2D eigenvalue weighted by Crippen LogP contribution is -2.39. The summed E-state index contributed by atoms with van der Waals surface area (Å²) < 4.78 is 17.6. The van der Waals surface area contributed by atoms with Crippen molar-refractivity contribution in [3.05, 3.63) is 80.7 Å². The number of benzene rings is 2. The van der Waals surface area contributed by atoms with Gasteiger partial charge in [0, 0.05) is 61.6 Å². The Hall–Kier alpha value is -3.09. The van der Waals surface area contributed by atoms with Crippen LogP contribution in [0.2, 0.25) is 5.02 Å². The Bertz CT molecular complexity index is 1320. The van der Waals surface area contributed by atoms with Crippen molar-refractivity contribution < 1.29 is 23.8 Å². The summed E-state index contributed by atoms with van der Waals surface area (Å²) in [7, 11) is 1.70. The molecule has 212 valence electrons. The fraction of sp³-hybridized carbons (Fsp3) is 0.455. The average Bonchev–Trinajstić information content (AvgIpc) is 2.93. The standard InChI is InChI=1S/C33H38ClNO5/c1-4-39-29-19-23(18-24(34)33(29)40-20-22-10-5-9-21(2)17-22)30-31-25(11-6-13-27(31)36)35(15-8-16-38-3)26-12-7-14-28(37)32(26)30/h5,9-10,17-19,30H,4,6-8,11-16,20H2,1-3H3. The molecule has 7 heteroatoms. The monoisotopic (exact) mass is 563 g/mol. The summed E-state index contributed by atoms with van der Waals surface area (Å²) in [5, 5.41) is 0.409. The molecule has 6 nitrogen and oxygen atoms in total. The smallest absolute Gasteiger partial charge is 0.180 e. The molecule has 2 aromatic carbocycles. The molecule has 0 bridgehead atoms. The number of rotatable bonds is 10. The maximum atomic E-state index is 13.6. The largest absolute Gasteiger partial charge is 0.490 e. The number of ether oxygens (including phenoxy) is 3. The highest BCUT2D eigenvalue weighted by Crippen LogP contribution is 2.51. The summed E-state index contributed by atoms with van der Waals surface area (Å²) in [6, 6.07) is 11.9. The molecule has 0 radical (unpaired) electrons. The van der Waals surface area contributed by atoms with Gasteiger partial charge in [0.15, 0.2) is 23.1 Å². The predicted octanol–water partition coefficient (Wildman–Crippen LogP) is 7.08. The van der Waals surface area contributed by atoms with Gasteiger partial charge in [-0.15, -0.1) is 0 Å². The zero-order valence-electron chi connectivity index (χ0n) is 23.7. The van der Waals surface area contributed by atoms with E-state index in [0.29, 0.717) is 49.2 Å². The third-order valence-electron chi connectivity index (χ3n) is 7.95. The van der Waals surface area contributed by atoms with Gasteiger partial charge in [-0.25, -0.2) is 0 Å². The Labute approximate surface area is 241 Å². The molecule has 0 amide bonds. The van der Waals surface area contributed by atoms with Gasteiger partial charge in [-0.05, 0) is 69.2 Å². The van der Waals surface area contributed by atoms with E-state index < -0.39 is 5.92 Å². The van der Waals surface area contributed by atoms with Crippen LogP contribution in [0.5, 0.6) is 11.5 Å². The Kier molecular flexibility index (Phi) is 8.97. The van der Waals surface area contributed by atoms with Gasteiger partial charge >= 0.3 is 0 Å². The molecular weight excluding hydrogens is 526 g/mol. The summed E-state index contributed by atoms with van der Waals surface area (Å²) in [5.74, 6) is 0.769. The second-order valence-electron chi connectivity index (χ2n) is 10.7. The number of ketones is 2. The minimum atomic E-state index is -0.452. The van der Waals surface area contributed by atoms with Gasteiger partial charge in [0.25, 0.3) is 0 Å². The molecule has 2 aromatic rings. The van der Waals surface area contributed by atoms with Gasteiger partial charge in [-0.1, -0.05) is 41.4 Å². The number of hydrogen-bond acceptors (Lipinski definition) is 6. The fourth-order valence-electron chi connectivity index (χ4n) is 6.30. The minimum Gasteiger partial charge on any atom is -0.490 e. The summed E-state index contributed by atoms with van der Waals surface area (Å²) in [6.45, 7) is 6.10. The van der Waals surface area contributed by atoms with Crippen molar-refractivity contribution in [1.29, 1.82) is 0 Å². The number of carbonyl (C=O) groups is 2. The zero-order chi connectivity index (χ0) is 28.2. The van der Waals surface area contributed by atoms with Crippen LogP contribution in [0.15, 0.2) is 58.9 Å². The molecule has 3 aliphatic rings. The molecular formula is C33H38ClNO5. The molecule has 0 unspecified atom stereocenters. The predicted molar refractivity (Wildman–Crippen MR) is 156 cm³/mol. The van der Waals surface area contributed by atoms with Crippen molar-refractivity contribution in [2.75, 3.05) is 26.9 Å². The van der Waals surface area contributed by atoms with E-state index in [1.807, 2.05) is 44.2 Å². The first-order valence-electron chi connectivity index (χ1n) is 14.4. The summed E-state index contributed by atoms with van der Waals surface area (Å²) in [4.78, 5) is 29.4. The Morgan fingerprint density at radius 1 is 0.950 bits per heavy atom. The molecule has 0 aromatic heterocycles. The first-order valence-corrected chi connectivity index (χ1v) is 14.7. The van der Waals surface area contributed by atoms with Crippen molar-refractivity contribution in [2.24, 2.45) is 0 Å². The van der Waals surface area contributed by atoms with Crippen LogP contribution >= 0.6 is 11.6 Å². The van der Waals surface area contributed by atoms with Crippen LogP contribution in [-0.4, -0.2) is 43.3 Å². The quantitative estimate of drug-likeness (QED) is 0.288. The first-order chi connectivity index (χ1) is 19.4. The van der Waals surface area contributed by atoms with E-state index in [9.17, 15) is 9.59 Å². The highest BCUT2D eigenvalue weighted by molar-refractivity contribution is 6.32. The van der Waals surface area contributed by atoms with Crippen LogP contribution in [0.3, 0.4) is 0 Å². The Morgan fingerprint density at radius 2 is 1.65 bits per heavy atom. The number of methoxy groups -OCH3 is 1. The molecule has 5 rings (SSSR count). The molecule has 40 heavy (non-hydrogen) atoms. The SMILES string of the molecule is CCOc1cc(C2C3=C(CCCC3=O)N(CCCOC)C3=C2C(=O)CCC3)cc(Cl)c1OCc1cccc(C)c1. The van der Waals surface area contributed by atoms with Crippen LogP contribution in [-0.2, 0) is 20.9 Å². The molecule has 0 spiro atoms. The topological polar surface area (TPSA) is 65.1 Å². The number of allylic oxidation sites excluding steroid dienone is 4. The lowest BCUT2D eigenvalue weighted by atomic mass is 9.71. The lowest BCUT2D eigenvalue weighted by Gasteiger charge is -2.44. The fourth-order valence-corrected chi connectivity index (χ4v) is 6.58. The van der Waals surface area contributed by atoms with Gasteiger partial charge in [0.05, 0.1) is 11.6 Å². The lowest BCUT2D eigenvalue weighted by molar-refractivity contribution is -0.117. The van der Waals surface area contributed by atoms with Crippen LogP contribution in [0.1, 0.15) is 74.5 Å². The molecule has 1 heterocycles. The minimum absolute atomic E-state index is 0.113. The first kappa shape index (κ1) is 28.4. The van der Waals surface area contributed by atoms with Crippen LogP contribution in [0, 0.1) is 6.92 Å². The summed E-state index contributed by atoms with van der Waals surface area (Å²) in [5.41, 5.74) is 6.59. The molecule has 0 saturated heterocycles. The van der Waals surface area contributed by atoms with Crippen LogP contribution < -0.4 is 9.47 Å². The molecule has 1 aliphatic heterocycles. The van der Waals surface area contributed by atoms with Gasteiger partial charge in [0.2, 0.25) is 0 Å². The highest BCUT2D eigenvalue weighted by Gasteiger charge is 2.43. The van der Waals surface area contributed by atoms with Crippen molar-refractivity contribution in [3.8, 4) is 11.5 Å². The van der Waals surface area contributed by atoms with E-state index in [2.05, 4.69) is 11.0 Å². The van der Waals surface area contributed by atoms with Crippen molar-refractivity contribution >= 4 is 23.2 Å². The number of halogens is 1. The van der Waals surface area contributed by atoms with E-state index in [1.54, 1.807) is 7.11 Å². The number of nitrogens with zero attached hydrogens (tertiary/aromatic N) is 1. The van der Waals surface area contributed by atoms with Crippen LogP contribution in [0.4, 0.5) is 0 Å². The second kappa shape index (κ2) is 12.6. The van der Waals surface area contributed by atoms with Gasteiger partial charge in [-0.3, -0.25) is 9.59 Å². The number of hydrogen-bond donors (Lipinski definition) is 0. The Balaban J connectivity index is 1.59. The third-order valence-corrected chi connectivity index (χ3v) is 8.23. The maximum Gasteiger partial charge on any atom is 0.180 e. The van der Waals surface area contributed by atoms with Crippen LogP contribution in [0.25, 0.3) is 0 Å². The second-order valence-corrected chi connectivity index (χ2v) is 11.2. The normalized spacial score (nSPS) is 17.8. The molecule has 2 aliphatic carbocycles. The highest BCUT2D eigenvalue weighted by atomic mass is 35.5. The van der Waals surface area contributed by atoms with Crippen molar-refractivity contribution in [1.82, 2.24) is 4.90 Å². The van der Waals surface area contributed by atoms with E-state index in [4.69, 9.17) is 25.8 Å². The summed E-state index contributed by atoms with van der Waals surface area (Å²) in [6.07, 6.45) is 5.07. The third kappa shape index (κ3) is 5.70. The number of aryl methyl sites for hydroxylation is 1. The van der Waals surface area contributed by atoms with Crippen molar-refractivity contribution in [2.45, 2.75) is 71.3 Å². The average molecular weight is 564 g/mol. The van der Waals surface area contributed by atoms with Gasteiger partial charge < -0.3 is 19.1 Å². The van der Waals surface area contributed by atoms with E-state index in [1.165, 1.54) is 0 Å². The van der Waals surface area contributed by atoms with E-state index in [0.717, 1.165) is 77.9 Å². The molecule has 0 fully saturated rings. The van der Waals surface area contributed by atoms with Gasteiger partial charge in [-0.2, -0.15) is 0 Å². The van der Waals surface area contributed by atoms with Gasteiger partial charge in [0.1, 0.15) is 6.61 Å². The maximum absolute atomic E-state index is 13.6.